The van der Waals surface area contributed by atoms with Crippen molar-refractivity contribution in [3.05, 3.63) is 33.3 Å². The molecular weight excluding hydrogens is 328 g/mol. The molecular formula is C14H18BrClN2O. The van der Waals surface area contributed by atoms with E-state index in [9.17, 15) is 4.79 Å². The van der Waals surface area contributed by atoms with Gasteiger partial charge < -0.3 is 4.90 Å². The highest BCUT2D eigenvalue weighted by molar-refractivity contribution is 9.10. The zero-order valence-corrected chi connectivity index (χ0v) is 13.4. The maximum atomic E-state index is 11.4. The lowest BCUT2D eigenvalue weighted by molar-refractivity contribution is -0.128. The Labute approximate surface area is 127 Å². The van der Waals surface area contributed by atoms with Crippen LogP contribution in [0.3, 0.4) is 0 Å². The van der Waals surface area contributed by atoms with Crippen LogP contribution in [0.4, 0.5) is 0 Å². The molecule has 1 aromatic rings. The van der Waals surface area contributed by atoms with Crippen LogP contribution in [0.1, 0.15) is 18.9 Å². The van der Waals surface area contributed by atoms with E-state index in [0.717, 1.165) is 54.2 Å². The topological polar surface area (TPSA) is 23.6 Å². The molecule has 1 saturated heterocycles. The number of carbonyl (C=O) groups excluding carboxylic acids is 1. The van der Waals surface area contributed by atoms with Gasteiger partial charge in [0.2, 0.25) is 5.91 Å². The van der Waals surface area contributed by atoms with Crippen LogP contribution in [0.2, 0.25) is 5.02 Å². The number of carbonyl (C=O) groups is 1. The third-order valence-electron chi connectivity index (χ3n) is 3.44. The summed E-state index contributed by atoms with van der Waals surface area (Å²) in [5.74, 6) is 0.170. The van der Waals surface area contributed by atoms with Crippen molar-refractivity contribution in [1.82, 2.24) is 9.80 Å². The van der Waals surface area contributed by atoms with Crippen molar-refractivity contribution in [1.29, 1.82) is 0 Å². The zero-order valence-electron chi connectivity index (χ0n) is 11.0. The van der Waals surface area contributed by atoms with Gasteiger partial charge >= 0.3 is 0 Å². The fourth-order valence-corrected chi connectivity index (χ4v) is 3.07. The summed E-state index contributed by atoms with van der Waals surface area (Å²) < 4.78 is 1.000. The molecule has 0 unspecified atom stereocenters. The molecule has 0 aromatic heterocycles. The van der Waals surface area contributed by atoms with Crippen molar-refractivity contribution >= 4 is 33.4 Å². The minimum atomic E-state index is 0.170. The minimum absolute atomic E-state index is 0.170. The molecule has 0 bridgehead atoms. The first-order valence-electron chi connectivity index (χ1n) is 6.48. The molecule has 1 amide bonds. The molecule has 1 aliphatic rings. The summed E-state index contributed by atoms with van der Waals surface area (Å²) in [7, 11) is 0. The Morgan fingerprint density at radius 2 is 2.11 bits per heavy atom. The van der Waals surface area contributed by atoms with Gasteiger partial charge in [-0.1, -0.05) is 33.6 Å². The smallest absolute Gasteiger partial charge is 0.219 e. The van der Waals surface area contributed by atoms with E-state index in [1.807, 2.05) is 17.0 Å². The number of hydrogen-bond donors (Lipinski definition) is 0. The van der Waals surface area contributed by atoms with Crippen LogP contribution >= 0.6 is 27.5 Å². The molecule has 0 aliphatic carbocycles. The standard InChI is InChI=1S/C14H18BrClN2O/c1-11(19)18-6-2-5-17(7-8-18)10-12-3-4-13(15)9-14(12)16/h3-4,9H,2,5-8,10H2,1H3. The first-order valence-corrected chi connectivity index (χ1v) is 7.65. The Morgan fingerprint density at radius 1 is 1.32 bits per heavy atom. The number of hydrogen-bond acceptors (Lipinski definition) is 2. The second-order valence-electron chi connectivity index (χ2n) is 4.87. The number of rotatable bonds is 2. The van der Waals surface area contributed by atoms with Crippen LogP contribution in [-0.4, -0.2) is 41.9 Å². The molecule has 104 valence electrons. The number of halogens is 2. The van der Waals surface area contributed by atoms with Crippen LogP contribution in [0.5, 0.6) is 0 Å². The lowest BCUT2D eigenvalue weighted by Gasteiger charge is -2.21. The number of nitrogens with zero attached hydrogens (tertiary/aromatic N) is 2. The van der Waals surface area contributed by atoms with E-state index in [2.05, 4.69) is 26.9 Å². The first kappa shape index (κ1) is 14.8. The molecule has 2 rings (SSSR count). The predicted octanol–water partition coefficient (Wildman–Crippen LogP) is 3.16. The monoisotopic (exact) mass is 344 g/mol. The lowest BCUT2D eigenvalue weighted by atomic mass is 10.2. The second-order valence-corrected chi connectivity index (χ2v) is 6.19. The van der Waals surface area contributed by atoms with Gasteiger partial charge in [0.25, 0.3) is 0 Å². The van der Waals surface area contributed by atoms with Gasteiger partial charge in [-0.2, -0.15) is 0 Å². The average molecular weight is 346 g/mol. The van der Waals surface area contributed by atoms with Crippen molar-refractivity contribution in [2.45, 2.75) is 19.9 Å². The predicted molar refractivity (Wildman–Crippen MR) is 81.3 cm³/mol. The van der Waals surface area contributed by atoms with E-state index in [1.54, 1.807) is 6.92 Å². The molecule has 0 N–H and O–H groups in total. The van der Waals surface area contributed by atoms with Crippen LogP contribution in [0.25, 0.3) is 0 Å². The van der Waals surface area contributed by atoms with Crippen LogP contribution in [-0.2, 0) is 11.3 Å². The van der Waals surface area contributed by atoms with E-state index in [0.29, 0.717) is 0 Å². The molecule has 1 aliphatic heterocycles. The Balaban J connectivity index is 1.97. The van der Waals surface area contributed by atoms with E-state index in [-0.39, 0.29) is 5.91 Å². The average Bonchev–Trinajstić information content (AvgIpc) is 2.58. The van der Waals surface area contributed by atoms with E-state index in [4.69, 9.17) is 11.6 Å². The first-order chi connectivity index (χ1) is 9.06. The van der Waals surface area contributed by atoms with Crippen LogP contribution in [0.15, 0.2) is 22.7 Å². The molecule has 0 atom stereocenters. The summed E-state index contributed by atoms with van der Waals surface area (Å²) in [5.41, 5.74) is 1.14. The molecule has 0 saturated carbocycles. The molecule has 19 heavy (non-hydrogen) atoms. The van der Waals surface area contributed by atoms with Crippen molar-refractivity contribution in [3.8, 4) is 0 Å². The number of amides is 1. The fourth-order valence-electron chi connectivity index (χ4n) is 2.33. The van der Waals surface area contributed by atoms with Gasteiger partial charge in [-0.05, 0) is 24.1 Å². The lowest BCUT2D eigenvalue weighted by Crippen LogP contribution is -2.33. The molecule has 3 nitrogen and oxygen atoms in total. The summed E-state index contributed by atoms with van der Waals surface area (Å²) >= 11 is 9.66. The Bertz CT molecular complexity index is 467. The van der Waals surface area contributed by atoms with Crippen molar-refractivity contribution < 1.29 is 4.79 Å². The van der Waals surface area contributed by atoms with Gasteiger partial charge in [0.1, 0.15) is 0 Å². The molecule has 0 spiro atoms. The molecule has 5 heteroatoms. The summed E-state index contributed by atoms with van der Waals surface area (Å²) in [6.45, 7) is 6.07. The van der Waals surface area contributed by atoms with Gasteiger partial charge in [0.15, 0.2) is 0 Å². The van der Waals surface area contributed by atoms with Crippen molar-refractivity contribution in [3.63, 3.8) is 0 Å². The normalized spacial score (nSPS) is 17.3. The largest absolute Gasteiger partial charge is 0.342 e. The Kier molecular flexibility index (Phi) is 5.25. The SMILES string of the molecule is CC(=O)N1CCCN(Cc2ccc(Br)cc2Cl)CC1. The van der Waals surface area contributed by atoms with E-state index in [1.165, 1.54) is 0 Å². The quantitative estimate of drug-likeness (QED) is 0.822. The van der Waals surface area contributed by atoms with Gasteiger partial charge in [-0.15, -0.1) is 0 Å². The minimum Gasteiger partial charge on any atom is -0.342 e. The van der Waals surface area contributed by atoms with Gasteiger partial charge in [0, 0.05) is 49.1 Å². The Morgan fingerprint density at radius 3 is 2.79 bits per heavy atom. The highest BCUT2D eigenvalue weighted by atomic mass is 79.9. The summed E-state index contributed by atoms with van der Waals surface area (Å²) in [6.07, 6.45) is 1.02. The Hall–Kier alpha value is -0.580. The van der Waals surface area contributed by atoms with Crippen molar-refractivity contribution in [2.24, 2.45) is 0 Å². The molecule has 0 radical (unpaired) electrons. The summed E-state index contributed by atoms with van der Waals surface area (Å²) in [5, 5.41) is 0.794. The molecule has 1 heterocycles. The zero-order chi connectivity index (χ0) is 13.8. The van der Waals surface area contributed by atoms with E-state index >= 15 is 0 Å². The summed E-state index contributed by atoms with van der Waals surface area (Å²) in [6, 6.07) is 6.00. The molecule has 1 fully saturated rings. The van der Waals surface area contributed by atoms with Gasteiger partial charge in [0.05, 0.1) is 0 Å². The highest BCUT2D eigenvalue weighted by Crippen LogP contribution is 2.23. The molecule has 1 aromatic carbocycles. The maximum absolute atomic E-state index is 11.4. The summed E-state index contributed by atoms with van der Waals surface area (Å²) in [4.78, 5) is 15.7. The third kappa shape index (κ3) is 4.20. The highest BCUT2D eigenvalue weighted by Gasteiger charge is 2.17. The third-order valence-corrected chi connectivity index (χ3v) is 4.29. The second kappa shape index (κ2) is 6.73. The van der Waals surface area contributed by atoms with E-state index < -0.39 is 0 Å². The fraction of sp³-hybridized carbons (Fsp3) is 0.500. The maximum Gasteiger partial charge on any atom is 0.219 e. The van der Waals surface area contributed by atoms with Crippen LogP contribution < -0.4 is 0 Å². The van der Waals surface area contributed by atoms with Gasteiger partial charge in [-0.25, -0.2) is 0 Å². The van der Waals surface area contributed by atoms with Crippen LogP contribution in [0, 0.1) is 0 Å². The van der Waals surface area contributed by atoms with Gasteiger partial charge in [-0.3, -0.25) is 9.69 Å². The van der Waals surface area contributed by atoms with Crippen molar-refractivity contribution in [2.75, 3.05) is 26.2 Å². The number of benzene rings is 1.